The van der Waals surface area contributed by atoms with Gasteiger partial charge in [0.05, 0.1) is 4.90 Å². The van der Waals surface area contributed by atoms with E-state index >= 15 is 0 Å². The second-order valence-corrected chi connectivity index (χ2v) is 11.8. The van der Waals surface area contributed by atoms with Crippen molar-refractivity contribution >= 4 is 20.2 Å². The topological polar surface area (TPSA) is 81.2 Å². The van der Waals surface area contributed by atoms with E-state index in [-0.39, 0.29) is 31.1 Å². The summed E-state index contributed by atoms with van der Waals surface area (Å²) in [5, 5.41) is 0. The van der Waals surface area contributed by atoms with Gasteiger partial charge in [-0.05, 0) is 37.1 Å². The van der Waals surface area contributed by atoms with E-state index in [1.807, 2.05) is 19.2 Å². The second kappa shape index (κ2) is 8.99. The van der Waals surface area contributed by atoms with Crippen LogP contribution in [-0.4, -0.2) is 94.1 Å². The molecule has 2 saturated heterocycles. The van der Waals surface area contributed by atoms with E-state index in [0.717, 1.165) is 12.0 Å². The molecular formula is C19H32N4O4S2. The number of benzene rings is 1. The van der Waals surface area contributed by atoms with Crippen LogP contribution < -0.4 is 0 Å². The van der Waals surface area contributed by atoms with Crippen molar-refractivity contribution in [3.05, 3.63) is 29.8 Å². The van der Waals surface area contributed by atoms with Gasteiger partial charge in [0.25, 0.3) is 10.2 Å². The quantitative estimate of drug-likeness (QED) is 0.654. The fraction of sp³-hybridized carbons (Fsp3) is 0.684. The Morgan fingerprint density at radius 1 is 0.793 bits per heavy atom. The van der Waals surface area contributed by atoms with Crippen LogP contribution in [0, 0.1) is 0 Å². The van der Waals surface area contributed by atoms with Crippen molar-refractivity contribution in [1.29, 1.82) is 0 Å². The maximum Gasteiger partial charge on any atom is 0.282 e. The third kappa shape index (κ3) is 4.83. The summed E-state index contributed by atoms with van der Waals surface area (Å²) in [5.41, 5.74) is 1.12. The molecular weight excluding hydrogens is 412 g/mol. The normalized spacial score (nSPS) is 22.6. The number of hydrogen-bond acceptors (Lipinski definition) is 5. The zero-order valence-corrected chi connectivity index (χ0v) is 19.1. The van der Waals surface area contributed by atoms with Crippen molar-refractivity contribution in [2.24, 2.45) is 0 Å². The number of likely N-dealkylation sites (N-methyl/N-ethyl adjacent to an activating group) is 1. The molecule has 1 aromatic rings. The fourth-order valence-electron chi connectivity index (χ4n) is 3.68. The van der Waals surface area contributed by atoms with Gasteiger partial charge in [0, 0.05) is 52.4 Å². The van der Waals surface area contributed by atoms with Crippen molar-refractivity contribution in [3.8, 4) is 0 Å². The van der Waals surface area contributed by atoms with Crippen molar-refractivity contribution in [2.75, 3.05) is 59.4 Å². The van der Waals surface area contributed by atoms with Crippen LogP contribution >= 0.6 is 0 Å². The Morgan fingerprint density at radius 3 is 1.72 bits per heavy atom. The molecule has 0 aromatic heterocycles. The lowest BCUT2D eigenvalue weighted by Gasteiger charge is -2.38. The number of rotatable bonds is 6. The van der Waals surface area contributed by atoms with Crippen LogP contribution in [0.4, 0.5) is 0 Å². The summed E-state index contributed by atoms with van der Waals surface area (Å²) in [6, 6.07) is 7.05. The van der Waals surface area contributed by atoms with Crippen LogP contribution in [0.2, 0.25) is 0 Å². The van der Waals surface area contributed by atoms with Crippen molar-refractivity contribution in [2.45, 2.75) is 31.1 Å². The van der Waals surface area contributed by atoms with Crippen LogP contribution in [-0.2, 0) is 20.2 Å². The highest BCUT2D eigenvalue weighted by Crippen LogP contribution is 2.24. The molecule has 2 fully saturated rings. The van der Waals surface area contributed by atoms with Gasteiger partial charge in [0.15, 0.2) is 0 Å². The van der Waals surface area contributed by atoms with E-state index in [1.165, 1.54) is 12.9 Å². The van der Waals surface area contributed by atoms with E-state index in [9.17, 15) is 16.8 Å². The van der Waals surface area contributed by atoms with E-state index in [0.29, 0.717) is 32.1 Å². The first-order valence-electron chi connectivity index (χ1n) is 10.2. The van der Waals surface area contributed by atoms with Gasteiger partial charge in [-0.3, -0.25) is 0 Å². The SMILES string of the molecule is CC[C@H](C)c1ccc(S(=O)(=O)N2CCN(S(=O)(=O)N3CCN(C)CC3)CC2)cc1. The summed E-state index contributed by atoms with van der Waals surface area (Å²) < 4.78 is 56.0. The average Bonchev–Trinajstić information content (AvgIpc) is 2.73. The molecule has 1 aromatic carbocycles. The molecule has 0 saturated carbocycles. The first-order valence-corrected chi connectivity index (χ1v) is 13.0. The van der Waals surface area contributed by atoms with Crippen LogP contribution in [0.25, 0.3) is 0 Å². The van der Waals surface area contributed by atoms with Crippen LogP contribution in [0.1, 0.15) is 31.7 Å². The van der Waals surface area contributed by atoms with Crippen LogP contribution in [0.15, 0.2) is 29.2 Å². The monoisotopic (exact) mass is 444 g/mol. The summed E-state index contributed by atoms with van der Waals surface area (Å²) in [7, 11) is -5.19. The maximum absolute atomic E-state index is 13.0. The summed E-state index contributed by atoms with van der Waals surface area (Å²) >= 11 is 0. The molecule has 2 aliphatic rings. The minimum absolute atomic E-state index is 0.169. The van der Waals surface area contributed by atoms with Crippen LogP contribution in [0.5, 0.6) is 0 Å². The molecule has 29 heavy (non-hydrogen) atoms. The molecule has 1 atom stereocenters. The largest absolute Gasteiger partial charge is 0.304 e. The molecule has 0 radical (unpaired) electrons. The Bertz CT molecular complexity index is 887. The number of hydrogen-bond donors (Lipinski definition) is 0. The molecule has 10 heteroatoms. The molecule has 0 unspecified atom stereocenters. The van der Waals surface area contributed by atoms with Gasteiger partial charge in [-0.2, -0.15) is 21.3 Å². The summed E-state index contributed by atoms with van der Waals surface area (Å²) in [6.07, 6.45) is 0.996. The lowest BCUT2D eigenvalue weighted by molar-refractivity contribution is 0.201. The Morgan fingerprint density at radius 2 is 1.24 bits per heavy atom. The zero-order chi connectivity index (χ0) is 21.2. The van der Waals surface area contributed by atoms with E-state index < -0.39 is 20.2 Å². The lowest BCUT2D eigenvalue weighted by Crippen LogP contribution is -2.57. The molecule has 3 rings (SSSR count). The van der Waals surface area contributed by atoms with Gasteiger partial charge in [-0.1, -0.05) is 26.0 Å². The number of piperazine rings is 2. The molecule has 8 nitrogen and oxygen atoms in total. The summed E-state index contributed by atoms with van der Waals surface area (Å²) in [5.74, 6) is 0.384. The van der Waals surface area contributed by atoms with Crippen molar-refractivity contribution in [1.82, 2.24) is 17.8 Å². The Kier molecular flexibility index (Phi) is 7.02. The predicted molar refractivity (Wildman–Crippen MR) is 113 cm³/mol. The van der Waals surface area contributed by atoms with Gasteiger partial charge in [0.1, 0.15) is 0 Å². The molecule has 2 aliphatic heterocycles. The maximum atomic E-state index is 13.0. The van der Waals surface area contributed by atoms with Gasteiger partial charge in [-0.15, -0.1) is 0 Å². The molecule has 164 valence electrons. The highest BCUT2D eigenvalue weighted by atomic mass is 32.2. The van der Waals surface area contributed by atoms with E-state index in [1.54, 1.807) is 12.1 Å². The average molecular weight is 445 g/mol. The van der Waals surface area contributed by atoms with Gasteiger partial charge >= 0.3 is 0 Å². The van der Waals surface area contributed by atoms with Crippen molar-refractivity contribution < 1.29 is 16.8 Å². The lowest BCUT2D eigenvalue weighted by atomic mass is 9.99. The standard InChI is InChI=1S/C19H32N4O4S2/c1-4-17(2)18-5-7-19(8-6-18)28(24,25)21-13-15-23(16-14-21)29(26,27)22-11-9-20(3)10-12-22/h5-8,17H,4,9-16H2,1-3H3/t17-/m0/s1. The second-order valence-electron chi connectivity index (χ2n) is 7.89. The van der Waals surface area contributed by atoms with Gasteiger partial charge in [-0.25, -0.2) is 8.42 Å². The molecule has 0 spiro atoms. The minimum Gasteiger partial charge on any atom is -0.304 e. The zero-order valence-electron chi connectivity index (χ0n) is 17.5. The first kappa shape index (κ1) is 22.6. The highest BCUT2D eigenvalue weighted by molar-refractivity contribution is 7.89. The van der Waals surface area contributed by atoms with Gasteiger partial charge in [0.2, 0.25) is 10.0 Å². The number of nitrogens with zero attached hydrogens (tertiary/aromatic N) is 4. The fourth-order valence-corrected chi connectivity index (χ4v) is 6.67. The van der Waals surface area contributed by atoms with E-state index in [4.69, 9.17) is 0 Å². The van der Waals surface area contributed by atoms with Crippen molar-refractivity contribution in [3.63, 3.8) is 0 Å². The summed E-state index contributed by atoms with van der Waals surface area (Å²) in [4.78, 5) is 2.36. The molecule has 0 bridgehead atoms. The first-order chi connectivity index (χ1) is 13.7. The molecule has 0 aliphatic carbocycles. The third-order valence-corrected chi connectivity index (χ3v) is 9.96. The molecule has 0 N–H and O–H groups in total. The molecule has 2 heterocycles. The Hall–Kier alpha value is -1.04. The molecule has 0 amide bonds. The van der Waals surface area contributed by atoms with E-state index in [2.05, 4.69) is 18.7 Å². The third-order valence-electron chi connectivity index (χ3n) is 6.01. The smallest absolute Gasteiger partial charge is 0.282 e. The Balaban J connectivity index is 1.65. The van der Waals surface area contributed by atoms with Gasteiger partial charge < -0.3 is 4.90 Å². The summed E-state index contributed by atoms with van der Waals surface area (Å²) in [6.45, 7) is 7.28. The number of sulfonamides is 1. The highest BCUT2D eigenvalue weighted by Gasteiger charge is 2.36. The van der Waals surface area contributed by atoms with Crippen LogP contribution in [0.3, 0.4) is 0 Å². The Labute approximate surface area is 175 Å². The predicted octanol–water partition coefficient (Wildman–Crippen LogP) is 0.999. The minimum atomic E-state index is -3.62.